The minimum absolute atomic E-state index is 0.183. The van der Waals surface area contributed by atoms with Crippen LogP contribution in [-0.4, -0.2) is 32.3 Å². The first-order valence-electron chi connectivity index (χ1n) is 6.58. The Morgan fingerprint density at radius 2 is 2.28 bits per heavy atom. The molecule has 4 heteroatoms. The lowest BCUT2D eigenvalue weighted by atomic mass is 10.1. The van der Waals surface area contributed by atoms with Gasteiger partial charge in [-0.05, 0) is 43.1 Å². The molecule has 1 saturated heterocycles. The number of morpholine rings is 1. The van der Waals surface area contributed by atoms with Crippen molar-refractivity contribution in [2.24, 2.45) is 5.73 Å². The van der Waals surface area contributed by atoms with Gasteiger partial charge in [0.15, 0.2) is 0 Å². The summed E-state index contributed by atoms with van der Waals surface area (Å²) in [6, 6.07) is 5.56. The lowest BCUT2D eigenvalue weighted by Crippen LogP contribution is -2.45. The Morgan fingerprint density at radius 1 is 1.44 bits per heavy atom. The average Bonchev–Trinajstić information content (AvgIpc) is 2.38. The van der Waals surface area contributed by atoms with E-state index in [9.17, 15) is 4.39 Å². The number of rotatable bonds is 4. The number of anilines is 1. The molecule has 0 amide bonds. The minimum atomic E-state index is -0.183. The fourth-order valence-electron chi connectivity index (χ4n) is 2.44. The predicted octanol–water partition coefficient (Wildman–Crippen LogP) is 1.94. The van der Waals surface area contributed by atoms with Gasteiger partial charge in [0.25, 0.3) is 0 Å². The van der Waals surface area contributed by atoms with Crippen molar-refractivity contribution >= 4 is 5.69 Å². The molecular formula is C14H21FN2O. The average molecular weight is 252 g/mol. The number of benzene rings is 1. The van der Waals surface area contributed by atoms with E-state index in [1.807, 2.05) is 6.07 Å². The minimum Gasteiger partial charge on any atom is -0.377 e. The summed E-state index contributed by atoms with van der Waals surface area (Å²) in [6.07, 6.45) is 1.72. The van der Waals surface area contributed by atoms with Crippen molar-refractivity contribution in [3.05, 3.63) is 29.6 Å². The van der Waals surface area contributed by atoms with Crippen LogP contribution in [0.2, 0.25) is 0 Å². The van der Waals surface area contributed by atoms with Crippen LogP contribution in [-0.2, 0) is 11.2 Å². The number of nitrogens with zero attached hydrogens (tertiary/aromatic N) is 1. The zero-order chi connectivity index (χ0) is 13.0. The topological polar surface area (TPSA) is 38.5 Å². The van der Waals surface area contributed by atoms with Crippen LogP contribution in [0.15, 0.2) is 18.2 Å². The molecule has 0 saturated carbocycles. The zero-order valence-electron chi connectivity index (χ0n) is 10.9. The molecule has 1 aliphatic heterocycles. The number of hydrogen-bond donors (Lipinski definition) is 1. The zero-order valence-corrected chi connectivity index (χ0v) is 10.9. The number of nitrogens with two attached hydrogens (primary N) is 1. The number of ether oxygens (including phenoxy) is 1. The second-order valence-electron chi connectivity index (χ2n) is 4.69. The summed E-state index contributed by atoms with van der Waals surface area (Å²) in [5, 5.41) is 0. The Hall–Kier alpha value is -1.13. The first-order valence-corrected chi connectivity index (χ1v) is 6.58. The molecule has 1 aromatic rings. The molecular weight excluding hydrogens is 231 g/mol. The summed E-state index contributed by atoms with van der Waals surface area (Å²) in [6.45, 7) is 4.93. The molecule has 1 aromatic carbocycles. The van der Waals surface area contributed by atoms with E-state index in [2.05, 4.69) is 11.8 Å². The van der Waals surface area contributed by atoms with Gasteiger partial charge in [-0.3, -0.25) is 0 Å². The molecule has 0 radical (unpaired) electrons. The molecule has 2 N–H and O–H groups in total. The third-order valence-corrected chi connectivity index (χ3v) is 3.41. The molecule has 0 bridgehead atoms. The van der Waals surface area contributed by atoms with E-state index in [-0.39, 0.29) is 5.82 Å². The van der Waals surface area contributed by atoms with Crippen molar-refractivity contribution in [1.29, 1.82) is 0 Å². The maximum atomic E-state index is 13.6. The second kappa shape index (κ2) is 6.16. The summed E-state index contributed by atoms with van der Waals surface area (Å²) < 4.78 is 19.1. The van der Waals surface area contributed by atoms with Gasteiger partial charge < -0.3 is 15.4 Å². The fourth-order valence-corrected chi connectivity index (χ4v) is 2.44. The van der Waals surface area contributed by atoms with Crippen LogP contribution in [0.1, 0.15) is 18.9 Å². The summed E-state index contributed by atoms with van der Waals surface area (Å²) >= 11 is 0. The van der Waals surface area contributed by atoms with Crippen LogP contribution in [0.25, 0.3) is 0 Å². The van der Waals surface area contributed by atoms with E-state index < -0.39 is 0 Å². The van der Waals surface area contributed by atoms with Crippen LogP contribution in [0.4, 0.5) is 10.1 Å². The summed E-state index contributed by atoms with van der Waals surface area (Å²) in [5.74, 6) is -0.183. The molecule has 3 nitrogen and oxygen atoms in total. The first-order chi connectivity index (χ1) is 8.74. The van der Waals surface area contributed by atoms with Gasteiger partial charge in [0, 0.05) is 12.2 Å². The number of halogens is 1. The molecule has 1 heterocycles. The molecule has 1 aliphatic rings. The molecule has 2 rings (SSSR count). The molecule has 1 atom stereocenters. The summed E-state index contributed by atoms with van der Waals surface area (Å²) in [4.78, 5) is 2.24. The molecule has 18 heavy (non-hydrogen) atoms. The Kier molecular flexibility index (Phi) is 4.55. The molecule has 0 aliphatic carbocycles. The first kappa shape index (κ1) is 13.3. The van der Waals surface area contributed by atoms with Gasteiger partial charge in [-0.2, -0.15) is 0 Å². The standard InChI is InChI=1S/C14H21FN2O/c1-2-13-10-18-6-5-17(13)14-8-11(3-4-16)7-12(15)9-14/h7-9,13H,2-6,10,16H2,1H3. The van der Waals surface area contributed by atoms with Gasteiger partial charge in [-0.25, -0.2) is 4.39 Å². The lowest BCUT2D eigenvalue weighted by molar-refractivity contribution is 0.0929. The molecule has 1 fully saturated rings. The fraction of sp³-hybridized carbons (Fsp3) is 0.571. The highest BCUT2D eigenvalue weighted by Gasteiger charge is 2.22. The van der Waals surface area contributed by atoms with Gasteiger partial charge >= 0.3 is 0 Å². The molecule has 0 spiro atoms. The summed E-state index contributed by atoms with van der Waals surface area (Å²) in [7, 11) is 0. The predicted molar refractivity (Wildman–Crippen MR) is 71.4 cm³/mol. The Labute approximate surface area is 108 Å². The van der Waals surface area contributed by atoms with Crippen LogP contribution < -0.4 is 10.6 Å². The summed E-state index contributed by atoms with van der Waals surface area (Å²) in [5.41, 5.74) is 7.46. The van der Waals surface area contributed by atoms with E-state index in [0.29, 0.717) is 25.6 Å². The van der Waals surface area contributed by atoms with Crippen LogP contribution >= 0.6 is 0 Å². The highest BCUT2D eigenvalue weighted by atomic mass is 19.1. The van der Waals surface area contributed by atoms with Gasteiger partial charge in [-0.15, -0.1) is 0 Å². The Morgan fingerprint density at radius 3 is 3.00 bits per heavy atom. The van der Waals surface area contributed by atoms with Gasteiger partial charge in [0.2, 0.25) is 0 Å². The van der Waals surface area contributed by atoms with Crippen molar-refractivity contribution in [3.8, 4) is 0 Å². The van der Waals surface area contributed by atoms with Crippen molar-refractivity contribution < 1.29 is 9.13 Å². The van der Waals surface area contributed by atoms with Crippen LogP contribution in [0.5, 0.6) is 0 Å². The van der Waals surface area contributed by atoms with Gasteiger partial charge in [-0.1, -0.05) is 6.92 Å². The highest BCUT2D eigenvalue weighted by Crippen LogP contribution is 2.24. The van der Waals surface area contributed by atoms with E-state index in [4.69, 9.17) is 10.5 Å². The van der Waals surface area contributed by atoms with Crippen LogP contribution in [0, 0.1) is 5.82 Å². The molecule has 1 unspecified atom stereocenters. The third kappa shape index (κ3) is 3.00. The van der Waals surface area contributed by atoms with Crippen molar-refractivity contribution in [1.82, 2.24) is 0 Å². The largest absolute Gasteiger partial charge is 0.377 e. The SMILES string of the molecule is CCC1COCCN1c1cc(F)cc(CCN)c1. The van der Waals surface area contributed by atoms with Gasteiger partial charge in [0.1, 0.15) is 5.82 Å². The molecule has 100 valence electrons. The highest BCUT2D eigenvalue weighted by molar-refractivity contribution is 5.50. The Bertz CT molecular complexity index is 397. The van der Waals surface area contributed by atoms with Crippen LogP contribution in [0.3, 0.4) is 0 Å². The van der Waals surface area contributed by atoms with E-state index in [1.165, 1.54) is 0 Å². The van der Waals surface area contributed by atoms with Crippen molar-refractivity contribution in [3.63, 3.8) is 0 Å². The van der Waals surface area contributed by atoms with E-state index in [0.717, 1.165) is 30.8 Å². The quantitative estimate of drug-likeness (QED) is 0.890. The van der Waals surface area contributed by atoms with E-state index in [1.54, 1.807) is 12.1 Å². The van der Waals surface area contributed by atoms with Gasteiger partial charge in [0.05, 0.1) is 19.3 Å². The monoisotopic (exact) mass is 252 g/mol. The second-order valence-corrected chi connectivity index (χ2v) is 4.69. The Balaban J connectivity index is 2.24. The molecule has 0 aromatic heterocycles. The van der Waals surface area contributed by atoms with Crippen molar-refractivity contribution in [2.45, 2.75) is 25.8 Å². The van der Waals surface area contributed by atoms with Crippen molar-refractivity contribution in [2.75, 3.05) is 31.2 Å². The number of hydrogen-bond acceptors (Lipinski definition) is 3. The van der Waals surface area contributed by atoms with E-state index >= 15 is 0 Å². The lowest BCUT2D eigenvalue weighted by Gasteiger charge is -2.37. The maximum absolute atomic E-state index is 13.6. The third-order valence-electron chi connectivity index (χ3n) is 3.41. The smallest absolute Gasteiger partial charge is 0.125 e. The normalized spacial score (nSPS) is 20.2. The maximum Gasteiger partial charge on any atom is 0.125 e.